The van der Waals surface area contributed by atoms with Gasteiger partial charge in [0.2, 0.25) is 5.91 Å². The van der Waals surface area contributed by atoms with Crippen LogP contribution in [0.2, 0.25) is 0 Å². The van der Waals surface area contributed by atoms with Crippen LogP contribution in [0.3, 0.4) is 0 Å². The van der Waals surface area contributed by atoms with E-state index in [0.717, 1.165) is 22.0 Å². The highest BCUT2D eigenvalue weighted by Gasteiger charge is 2.31. The van der Waals surface area contributed by atoms with E-state index in [2.05, 4.69) is 22.6 Å². The van der Waals surface area contributed by atoms with Gasteiger partial charge in [-0.1, -0.05) is 12.1 Å². The summed E-state index contributed by atoms with van der Waals surface area (Å²) in [5.74, 6) is -0.982. The van der Waals surface area contributed by atoms with E-state index in [1.165, 1.54) is 4.90 Å². The van der Waals surface area contributed by atoms with E-state index in [1.807, 2.05) is 24.3 Å². The van der Waals surface area contributed by atoms with Gasteiger partial charge in [0.1, 0.15) is 6.04 Å². The number of rotatable bonds is 3. The number of aliphatic carboxylic acids is 1. The summed E-state index contributed by atoms with van der Waals surface area (Å²) in [6, 6.07) is 7.09. The van der Waals surface area contributed by atoms with E-state index in [4.69, 9.17) is 0 Å². The molecule has 1 fully saturated rings. The highest BCUT2D eigenvalue weighted by molar-refractivity contribution is 14.1. The standard InChI is InChI=1S/C14H16INO3/c15-11-5-3-4-10(8-11)9-13(17)16-7-2-1-6-12(16)14(18)19/h3-5,8,12H,1-2,6-7,9H2,(H,18,19)/t12-/m1/s1. The van der Waals surface area contributed by atoms with Crippen molar-refractivity contribution < 1.29 is 14.7 Å². The Balaban J connectivity index is 2.07. The molecule has 19 heavy (non-hydrogen) atoms. The van der Waals surface area contributed by atoms with Gasteiger partial charge in [-0.3, -0.25) is 4.79 Å². The van der Waals surface area contributed by atoms with Crippen molar-refractivity contribution in [2.45, 2.75) is 31.7 Å². The molecule has 0 aliphatic carbocycles. The number of carbonyl (C=O) groups is 2. The molecule has 4 nitrogen and oxygen atoms in total. The largest absolute Gasteiger partial charge is 0.480 e. The maximum Gasteiger partial charge on any atom is 0.326 e. The molecule has 5 heteroatoms. The van der Waals surface area contributed by atoms with Crippen LogP contribution >= 0.6 is 22.6 Å². The predicted octanol–water partition coefficient (Wildman–Crippen LogP) is 2.30. The highest BCUT2D eigenvalue weighted by Crippen LogP contribution is 2.19. The lowest BCUT2D eigenvalue weighted by atomic mass is 10.0. The summed E-state index contributed by atoms with van der Waals surface area (Å²) in [7, 11) is 0. The molecular formula is C14H16INO3. The monoisotopic (exact) mass is 373 g/mol. The van der Waals surface area contributed by atoms with Crippen LogP contribution in [0, 0.1) is 3.57 Å². The molecule has 1 aliphatic heterocycles. The van der Waals surface area contributed by atoms with Crippen molar-refractivity contribution in [3.8, 4) is 0 Å². The van der Waals surface area contributed by atoms with Crippen LogP contribution in [0.1, 0.15) is 24.8 Å². The van der Waals surface area contributed by atoms with Gasteiger partial charge < -0.3 is 10.0 Å². The molecule has 1 aliphatic rings. The van der Waals surface area contributed by atoms with Crippen molar-refractivity contribution in [1.82, 2.24) is 4.90 Å². The Hall–Kier alpha value is -1.11. The number of halogens is 1. The molecule has 0 spiro atoms. The molecule has 0 radical (unpaired) electrons. The smallest absolute Gasteiger partial charge is 0.326 e. The maximum absolute atomic E-state index is 12.3. The Morgan fingerprint density at radius 1 is 1.37 bits per heavy atom. The Kier molecular flexibility index (Phi) is 4.79. The van der Waals surface area contributed by atoms with Crippen LogP contribution in [0.5, 0.6) is 0 Å². The Morgan fingerprint density at radius 2 is 2.16 bits per heavy atom. The van der Waals surface area contributed by atoms with Gasteiger partial charge in [-0.2, -0.15) is 0 Å². The highest BCUT2D eigenvalue weighted by atomic mass is 127. The van der Waals surface area contributed by atoms with Crippen LogP contribution < -0.4 is 0 Å². The van der Waals surface area contributed by atoms with Crippen molar-refractivity contribution in [1.29, 1.82) is 0 Å². The fraction of sp³-hybridized carbons (Fsp3) is 0.429. The van der Waals surface area contributed by atoms with Crippen LogP contribution in [-0.2, 0) is 16.0 Å². The number of nitrogens with zero attached hydrogens (tertiary/aromatic N) is 1. The topological polar surface area (TPSA) is 57.6 Å². The van der Waals surface area contributed by atoms with Crippen molar-refractivity contribution in [2.24, 2.45) is 0 Å². The first kappa shape index (κ1) is 14.3. The molecule has 1 aromatic rings. The van der Waals surface area contributed by atoms with E-state index in [0.29, 0.717) is 13.0 Å². The fourth-order valence-corrected chi connectivity index (χ4v) is 3.02. The third-order valence-corrected chi connectivity index (χ3v) is 4.02. The van der Waals surface area contributed by atoms with E-state index in [1.54, 1.807) is 0 Å². The summed E-state index contributed by atoms with van der Waals surface area (Å²) in [5, 5.41) is 9.17. The van der Waals surface area contributed by atoms with E-state index >= 15 is 0 Å². The molecule has 1 amide bonds. The predicted molar refractivity (Wildman–Crippen MR) is 79.9 cm³/mol. The number of carbonyl (C=O) groups excluding carboxylic acids is 1. The Labute approximate surface area is 125 Å². The molecule has 0 aromatic heterocycles. The molecule has 1 N–H and O–H groups in total. The molecule has 102 valence electrons. The minimum atomic E-state index is -0.893. The molecule has 1 aromatic carbocycles. The number of benzene rings is 1. The SMILES string of the molecule is O=C(O)[C@H]1CCCCN1C(=O)Cc1cccc(I)c1. The number of hydrogen-bond donors (Lipinski definition) is 1. The van der Waals surface area contributed by atoms with Gasteiger partial charge in [0.25, 0.3) is 0 Å². The minimum Gasteiger partial charge on any atom is -0.480 e. The Morgan fingerprint density at radius 3 is 2.84 bits per heavy atom. The second kappa shape index (κ2) is 6.36. The first-order valence-electron chi connectivity index (χ1n) is 6.34. The van der Waals surface area contributed by atoms with Crippen molar-refractivity contribution in [2.75, 3.05) is 6.54 Å². The quantitative estimate of drug-likeness (QED) is 0.828. The molecule has 1 atom stereocenters. The molecule has 1 saturated heterocycles. The number of piperidine rings is 1. The van der Waals surface area contributed by atoms with E-state index in [-0.39, 0.29) is 12.3 Å². The van der Waals surface area contributed by atoms with Gasteiger partial charge in [0.15, 0.2) is 0 Å². The number of carboxylic acid groups (broad SMARTS) is 1. The Bertz CT molecular complexity index is 489. The lowest BCUT2D eigenvalue weighted by molar-refractivity contribution is -0.151. The average Bonchev–Trinajstić information content (AvgIpc) is 2.38. The summed E-state index contributed by atoms with van der Waals surface area (Å²) < 4.78 is 1.08. The van der Waals surface area contributed by atoms with Crippen molar-refractivity contribution in [3.63, 3.8) is 0 Å². The summed E-state index contributed by atoms with van der Waals surface area (Å²) in [5.41, 5.74) is 0.937. The number of hydrogen-bond acceptors (Lipinski definition) is 2. The normalized spacial score (nSPS) is 19.2. The lowest BCUT2D eigenvalue weighted by Gasteiger charge is -2.33. The summed E-state index contributed by atoms with van der Waals surface area (Å²) in [6.07, 6.45) is 2.61. The molecular weight excluding hydrogens is 357 g/mol. The van der Waals surface area contributed by atoms with Gasteiger partial charge in [-0.25, -0.2) is 4.79 Å². The number of amides is 1. The molecule has 2 rings (SSSR count). The lowest BCUT2D eigenvalue weighted by Crippen LogP contribution is -2.48. The van der Waals surface area contributed by atoms with Gasteiger partial charge in [0, 0.05) is 10.1 Å². The second-order valence-corrected chi connectivity index (χ2v) is 5.99. The zero-order valence-electron chi connectivity index (χ0n) is 10.5. The summed E-state index contributed by atoms with van der Waals surface area (Å²) >= 11 is 2.20. The average molecular weight is 373 g/mol. The zero-order chi connectivity index (χ0) is 13.8. The van der Waals surface area contributed by atoms with E-state index < -0.39 is 12.0 Å². The third-order valence-electron chi connectivity index (χ3n) is 3.35. The van der Waals surface area contributed by atoms with Crippen LogP contribution in [0.15, 0.2) is 24.3 Å². The number of carboxylic acids is 1. The van der Waals surface area contributed by atoms with Crippen molar-refractivity contribution >= 4 is 34.5 Å². The van der Waals surface area contributed by atoms with Crippen LogP contribution in [0.4, 0.5) is 0 Å². The number of likely N-dealkylation sites (tertiary alicyclic amines) is 1. The fourth-order valence-electron chi connectivity index (χ4n) is 2.41. The van der Waals surface area contributed by atoms with Gasteiger partial charge in [-0.05, 0) is 59.5 Å². The van der Waals surface area contributed by atoms with Gasteiger partial charge in [-0.15, -0.1) is 0 Å². The van der Waals surface area contributed by atoms with Gasteiger partial charge >= 0.3 is 5.97 Å². The first-order valence-corrected chi connectivity index (χ1v) is 7.42. The van der Waals surface area contributed by atoms with E-state index in [9.17, 15) is 14.7 Å². The first-order chi connectivity index (χ1) is 9.08. The zero-order valence-corrected chi connectivity index (χ0v) is 12.7. The maximum atomic E-state index is 12.3. The summed E-state index contributed by atoms with van der Waals surface area (Å²) in [4.78, 5) is 25.0. The van der Waals surface area contributed by atoms with Crippen LogP contribution in [0.25, 0.3) is 0 Å². The molecule has 1 heterocycles. The third kappa shape index (κ3) is 3.68. The minimum absolute atomic E-state index is 0.0888. The van der Waals surface area contributed by atoms with Crippen LogP contribution in [-0.4, -0.2) is 34.5 Å². The molecule has 0 bridgehead atoms. The summed E-state index contributed by atoms with van der Waals surface area (Å²) in [6.45, 7) is 0.555. The second-order valence-electron chi connectivity index (χ2n) is 4.74. The van der Waals surface area contributed by atoms with Crippen molar-refractivity contribution in [3.05, 3.63) is 33.4 Å². The molecule has 0 unspecified atom stereocenters. The molecule has 0 saturated carbocycles. The van der Waals surface area contributed by atoms with Gasteiger partial charge in [0.05, 0.1) is 6.42 Å².